The number of nitrogens with two attached hydrogens (primary N) is 1. The average molecular weight is 263 g/mol. The summed E-state index contributed by atoms with van der Waals surface area (Å²) >= 11 is 1.61. The van der Waals surface area contributed by atoms with Gasteiger partial charge in [-0.3, -0.25) is 0 Å². The molecular weight excluding hydrogens is 247 g/mol. The molecular formula is C12H16F3NS. The monoisotopic (exact) mass is 263 g/mol. The van der Waals surface area contributed by atoms with E-state index in [4.69, 9.17) is 5.73 Å². The molecule has 96 valence electrons. The Bertz CT molecular complexity index is 350. The number of hydrogen-bond donors (Lipinski definition) is 1. The number of halogens is 3. The Labute approximate surface area is 104 Å². The average Bonchev–Trinajstić information content (AvgIpc) is 2.23. The largest absolute Gasteiger partial charge is 0.416 e. The van der Waals surface area contributed by atoms with E-state index in [1.54, 1.807) is 17.8 Å². The fraction of sp³-hybridized carbons (Fsp3) is 0.500. The molecule has 0 saturated carbocycles. The Morgan fingerprint density at radius 2 is 2.06 bits per heavy atom. The van der Waals surface area contributed by atoms with Crippen molar-refractivity contribution in [3.63, 3.8) is 0 Å². The summed E-state index contributed by atoms with van der Waals surface area (Å²) in [5, 5.41) is 0. The number of thioether (sulfide) groups is 1. The lowest BCUT2D eigenvalue weighted by atomic mass is 10.1. The first-order valence-electron chi connectivity index (χ1n) is 5.39. The van der Waals surface area contributed by atoms with Crippen LogP contribution in [0.15, 0.2) is 24.3 Å². The second kappa shape index (κ2) is 6.31. The summed E-state index contributed by atoms with van der Waals surface area (Å²) in [5.74, 6) is 1.46. The fourth-order valence-electron chi connectivity index (χ4n) is 1.30. The second-order valence-corrected chi connectivity index (χ2v) is 5.12. The zero-order chi connectivity index (χ0) is 12.9. The third-order valence-corrected chi connectivity index (χ3v) is 3.30. The predicted molar refractivity (Wildman–Crippen MR) is 65.9 cm³/mol. The van der Waals surface area contributed by atoms with E-state index in [0.717, 1.165) is 18.2 Å². The van der Waals surface area contributed by atoms with Crippen molar-refractivity contribution in [2.24, 2.45) is 5.73 Å². The van der Waals surface area contributed by atoms with Crippen LogP contribution in [-0.4, -0.2) is 11.8 Å². The van der Waals surface area contributed by atoms with Gasteiger partial charge in [-0.25, -0.2) is 0 Å². The van der Waals surface area contributed by atoms with E-state index in [1.807, 2.05) is 6.92 Å². The van der Waals surface area contributed by atoms with Crippen LogP contribution in [0.5, 0.6) is 0 Å². The number of alkyl halides is 3. The van der Waals surface area contributed by atoms with Crippen LogP contribution < -0.4 is 5.73 Å². The van der Waals surface area contributed by atoms with E-state index < -0.39 is 11.7 Å². The van der Waals surface area contributed by atoms with Crippen LogP contribution in [0.1, 0.15) is 24.5 Å². The molecule has 1 unspecified atom stereocenters. The molecule has 1 rings (SSSR count). The van der Waals surface area contributed by atoms with Crippen LogP contribution >= 0.6 is 11.8 Å². The van der Waals surface area contributed by atoms with Gasteiger partial charge in [0.1, 0.15) is 0 Å². The lowest BCUT2D eigenvalue weighted by Gasteiger charge is -2.09. The third kappa shape index (κ3) is 5.46. The Morgan fingerprint density at radius 3 is 2.65 bits per heavy atom. The summed E-state index contributed by atoms with van der Waals surface area (Å²) in [6, 6.07) is 5.61. The van der Waals surface area contributed by atoms with Crippen molar-refractivity contribution < 1.29 is 13.2 Å². The maximum atomic E-state index is 12.4. The minimum Gasteiger partial charge on any atom is -0.328 e. The SMILES string of the molecule is CC(N)CCSCc1cccc(C(F)(F)F)c1. The smallest absolute Gasteiger partial charge is 0.328 e. The molecule has 0 aliphatic heterocycles. The molecule has 0 aliphatic rings. The van der Waals surface area contributed by atoms with Crippen molar-refractivity contribution in [2.45, 2.75) is 31.3 Å². The lowest BCUT2D eigenvalue weighted by molar-refractivity contribution is -0.137. The number of rotatable bonds is 5. The molecule has 17 heavy (non-hydrogen) atoms. The second-order valence-electron chi connectivity index (χ2n) is 4.02. The van der Waals surface area contributed by atoms with Gasteiger partial charge in [0.05, 0.1) is 5.56 Å². The lowest BCUT2D eigenvalue weighted by Crippen LogP contribution is -2.15. The molecule has 0 heterocycles. The Balaban J connectivity index is 2.49. The molecule has 0 aromatic heterocycles. The number of hydrogen-bond acceptors (Lipinski definition) is 2. The van der Waals surface area contributed by atoms with Crippen LogP contribution in [0.3, 0.4) is 0 Å². The summed E-state index contributed by atoms with van der Waals surface area (Å²) in [6.07, 6.45) is -3.38. The molecule has 1 aromatic rings. The van der Waals surface area contributed by atoms with Gasteiger partial charge in [-0.1, -0.05) is 18.2 Å². The third-order valence-electron chi connectivity index (χ3n) is 2.24. The highest BCUT2D eigenvalue weighted by Gasteiger charge is 2.30. The van der Waals surface area contributed by atoms with Crippen molar-refractivity contribution in [1.29, 1.82) is 0 Å². The van der Waals surface area contributed by atoms with E-state index in [-0.39, 0.29) is 6.04 Å². The van der Waals surface area contributed by atoms with Crippen molar-refractivity contribution in [2.75, 3.05) is 5.75 Å². The summed E-state index contributed by atoms with van der Waals surface area (Å²) in [5.41, 5.74) is 5.71. The zero-order valence-electron chi connectivity index (χ0n) is 9.63. The van der Waals surface area contributed by atoms with Crippen LogP contribution in [0, 0.1) is 0 Å². The highest BCUT2D eigenvalue weighted by molar-refractivity contribution is 7.98. The fourth-order valence-corrected chi connectivity index (χ4v) is 2.39. The minimum absolute atomic E-state index is 0.143. The number of benzene rings is 1. The summed E-state index contributed by atoms with van der Waals surface area (Å²) in [4.78, 5) is 0. The van der Waals surface area contributed by atoms with Gasteiger partial charge in [0.25, 0.3) is 0 Å². The van der Waals surface area contributed by atoms with Gasteiger partial charge < -0.3 is 5.73 Å². The molecule has 0 bridgehead atoms. The summed E-state index contributed by atoms with van der Waals surface area (Å²) in [6.45, 7) is 1.92. The normalized spacial score (nSPS) is 13.7. The Hall–Kier alpha value is -0.680. The van der Waals surface area contributed by atoms with Crippen LogP contribution in [0.2, 0.25) is 0 Å². The highest BCUT2D eigenvalue weighted by atomic mass is 32.2. The molecule has 0 amide bonds. The Morgan fingerprint density at radius 1 is 1.35 bits per heavy atom. The molecule has 0 radical (unpaired) electrons. The summed E-state index contributed by atoms with van der Waals surface area (Å²) < 4.78 is 37.3. The molecule has 1 atom stereocenters. The maximum absolute atomic E-state index is 12.4. The first kappa shape index (κ1) is 14.4. The van der Waals surface area contributed by atoms with Gasteiger partial charge in [-0.15, -0.1) is 0 Å². The van der Waals surface area contributed by atoms with Crippen LogP contribution in [0.25, 0.3) is 0 Å². The first-order valence-corrected chi connectivity index (χ1v) is 6.54. The van der Waals surface area contributed by atoms with E-state index in [9.17, 15) is 13.2 Å². The van der Waals surface area contributed by atoms with Gasteiger partial charge in [0.2, 0.25) is 0 Å². The predicted octanol–water partition coefficient (Wildman–Crippen LogP) is 3.68. The van der Waals surface area contributed by atoms with E-state index in [0.29, 0.717) is 11.3 Å². The molecule has 1 aromatic carbocycles. The van der Waals surface area contributed by atoms with Gasteiger partial charge >= 0.3 is 6.18 Å². The highest BCUT2D eigenvalue weighted by Crippen LogP contribution is 2.30. The van der Waals surface area contributed by atoms with Crippen LogP contribution in [-0.2, 0) is 11.9 Å². The van der Waals surface area contributed by atoms with Crippen molar-refractivity contribution in [1.82, 2.24) is 0 Å². The molecule has 0 aliphatic carbocycles. The molecule has 5 heteroatoms. The van der Waals surface area contributed by atoms with Gasteiger partial charge in [0, 0.05) is 11.8 Å². The minimum atomic E-state index is -4.26. The van der Waals surface area contributed by atoms with Crippen molar-refractivity contribution in [3.8, 4) is 0 Å². The van der Waals surface area contributed by atoms with E-state index >= 15 is 0 Å². The summed E-state index contributed by atoms with van der Waals surface area (Å²) in [7, 11) is 0. The van der Waals surface area contributed by atoms with Crippen molar-refractivity contribution >= 4 is 11.8 Å². The molecule has 0 fully saturated rings. The van der Waals surface area contributed by atoms with Crippen molar-refractivity contribution in [3.05, 3.63) is 35.4 Å². The topological polar surface area (TPSA) is 26.0 Å². The zero-order valence-corrected chi connectivity index (χ0v) is 10.4. The quantitative estimate of drug-likeness (QED) is 0.820. The van der Waals surface area contributed by atoms with Gasteiger partial charge in [-0.2, -0.15) is 24.9 Å². The molecule has 1 nitrogen and oxygen atoms in total. The maximum Gasteiger partial charge on any atom is 0.416 e. The molecule has 0 saturated heterocycles. The molecule has 2 N–H and O–H groups in total. The van der Waals surface area contributed by atoms with Gasteiger partial charge in [-0.05, 0) is 30.7 Å². The van der Waals surface area contributed by atoms with E-state index in [2.05, 4.69) is 0 Å². The standard InChI is InChI=1S/C12H16F3NS/c1-9(16)5-6-17-8-10-3-2-4-11(7-10)12(13,14)15/h2-4,7,9H,5-6,8,16H2,1H3. The van der Waals surface area contributed by atoms with E-state index in [1.165, 1.54) is 12.1 Å². The van der Waals surface area contributed by atoms with Crippen LogP contribution in [0.4, 0.5) is 13.2 Å². The first-order chi connectivity index (χ1) is 7.89. The Kier molecular flexibility index (Phi) is 5.33. The van der Waals surface area contributed by atoms with Gasteiger partial charge in [0.15, 0.2) is 0 Å². The molecule has 0 spiro atoms.